The number of piperazine rings is 1. The van der Waals surface area contributed by atoms with E-state index in [1.807, 2.05) is 4.90 Å². The van der Waals surface area contributed by atoms with Crippen LogP contribution >= 0.6 is 11.6 Å². The summed E-state index contributed by atoms with van der Waals surface area (Å²) >= 11 is 5.86. The quantitative estimate of drug-likeness (QED) is 0.569. The van der Waals surface area contributed by atoms with E-state index in [-0.39, 0.29) is 28.6 Å². The molecule has 2 aromatic rings. The number of carbonyl (C=O) groups is 2. The topological polar surface area (TPSA) is 144 Å². The lowest BCUT2D eigenvalue weighted by Crippen LogP contribution is -2.59. The molecular weight excluding hydrogens is 472 g/mol. The average Bonchev–Trinajstić information content (AvgIpc) is 2.85. The monoisotopic (exact) mass is 502 g/mol. The minimum Gasteiger partial charge on any atom is -0.383 e. The van der Waals surface area contributed by atoms with E-state index in [2.05, 4.69) is 26.7 Å². The zero-order valence-corrected chi connectivity index (χ0v) is 20.7. The molecular formula is C23H31ClN8O3. The highest BCUT2D eigenvalue weighted by Crippen LogP contribution is 2.26. The molecule has 4 rings (SSSR count). The lowest BCUT2D eigenvalue weighted by atomic mass is 9.97. The number of likely N-dealkylation sites (tertiary alicyclic amines) is 1. The van der Waals surface area contributed by atoms with Crippen LogP contribution in [0.1, 0.15) is 47.0 Å². The number of primary amides is 1. The molecule has 1 atom stereocenters. The normalized spacial score (nSPS) is 19.7. The van der Waals surface area contributed by atoms with Gasteiger partial charge in [-0.3, -0.25) is 23.9 Å². The molecule has 35 heavy (non-hydrogen) atoms. The van der Waals surface area contributed by atoms with E-state index in [1.165, 1.54) is 4.57 Å². The second kappa shape index (κ2) is 10.2. The van der Waals surface area contributed by atoms with E-state index in [0.717, 1.165) is 38.9 Å². The molecule has 2 aliphatic rings. The van der Waals surface area contributed by atoms with Crippen molar-refractivity contribution in [3.63, 3.8) is 0 Å². The summed E-state index contributed by atoms with van der Waals surface area (Å²) in [4.78, 5) is 51.4. The van der Waals surface area contributed by atoms with Crippen molar-refractivity contribution in [1.82, 2.24) is 24.3 Å². The molecule has 0 unspecified atom stereocenters. The second-order valence-corrected chi connectivity index (χ2v) is 9.42. The predicted octanol–water partition coefficient (Wildman–Crippen LogP) is 0.715. The van der Waals surface area contributed by atoms with E-state index in [4.69, 9.17) is 23.1 Å². The van der Waals surface area contributed by atoms with Crippen molar-refractivity contribution in [2.24, 2.45) is 12.8 Å². The van der Waals surface area contributed by atoms with Gasteiger partial charge in [-0.05, 0) is 31.4 Å². The fourth-order valence-corrected chi connectivity index (χ4v) is 5.27. The molecule has 4 N–H and O–H groups in total. The Labute approximate surface area is 208 Å². The van der Waals surface area contributed by atoms with E-state index in [1.54, 1.807) is 25.4 Å². The number of halogens is 1. The zero-order valence-electron chi connectivity index (χ0n) is 20.0. The SMILES string of the molecule is CC[C@H]1CN(c2cnc(C(N)=O)c(=O)n2C)CCN1C1CCN(C(=O)c2ccc(Cl)nc2N)CC1. The largest absolute Gasteiger partial charge is 0.383 e. The van der Waals surface area contributed by atoms with Crippen LogP contribution < -0.4 is 21.9 Å². The molecule has 2 saturated heterocycles. The zero-order chi connectivity index (χ0) is 25.3. The summed E-state index contributed by atoms with van der Waals surface area (Å²) in [6.45, 7) is 5.76. The fraction of sp³-hybridized carbons (Fsp3) is 0.522. The highest BCUT2D eigenvalue weighted by molar-refractivity contribution is 6.29. The standard InChI is InChI=1S/C23H31ClN8O3/c1-3-14-13-31(18-12-27-19(21(26)33)23(35)29(18)2)10-11-32(14)15-6-8-30(9-7-15)22(34)16-4-5-17(24)28-20(16)25/h4-5,12,14-15H,3,6-11,13H2,1-2H3,(H2,25,28)(H2,26,33)/t14-/m0/s1. The molecule has 188 valence electrons. The molecule has 0 aromatic carbocycles. The van der Waals surface area contributed by atoms with Gasteiger partial charge in [-0.15, -0.1) is 0 Å². The Morgan fingerprint density at radius 1 is 1.17 bits per heavy atom. The highest BCUT2D eigenvalue weighted by Gasteiger charge is 2.35. The van der Waals surface area contributed by atoms with E-state index in [9.17, 15) is 14.4 Å². The van der Waals surface area contributed by atoms with Gasteiger partial charge < -0.3 is 21.3 Å². The van der Waals surface area contributed by atoms with Crippen LogP contribution in [0.5, 0.6) is 0 Å². The lowest BCUT2D eigenvalue weighted by Gasteiger charge is -2.48. The van der Waals surface area contributed by atoms with Crippen LogP contribution in [0.4, 0.5) is 11.6 Å². The Bertz CT molecular complexity index is 1180. The second-order valence-electron chi connectivity index (χ2n) is 9.03. The predicted molar refractivity (Wildman–Crippen MR) is 134 cm³/mol. The van der Waals surface area contributed by atoms with Crippen LogP contribution in [-0.4, -0.2) is 81.0 Å². The molecule has 2 aromatic heterocycles. The van der Waals surface area contributed by atoms with Crippen molar-refractivity contribution in [2.75, 3.05) is 43.4 Å². The minimum absolute atomic E-state index is 0.116. The van der Waals surface area contributed by atoms with Crippen LogP contribution in [0.2, 0.25) is 5.15 Å². The third-order valence-electron chi connectivity index (χ3n) is 7.06. The van der Waals surface area contributed by atoms with Gasteiger partial charge in [0.25, 0.3) is 17.4 Å². The summed E-state index contributed by atoms with van der Waals surface area (Å²) in [5.41, 5.74) is 10.8. The number of nitrogens with zero attached hydrogens (tertiary/aromatic N) is 6. The molecule has 0 bridgehead atoms. The Hall–Kier alpha value is -3.18. The molecule has 2 amide bonds. The van der Waals surface area contributed by atoms with Gasteiger partial charge in [0.15, 0.2) is 5.69 Å². The maximum Gasteiger partial charge on any atom is 0.283 e. The summed E-state index contributed by atoms with van der Waals surface area (Å²) < 4.78 is 1.44. The van der Waals surface area contributed by atoms with Gasteiger partial charge in [0.2, 0.25) is 0 Å². The number of hydrogen-bond donors (Lipinski definition) is 2. The first-order chi connectivity index (χ1) is 16.7. The summed E-state index contributed by atoms with van der Waals surface area (Å²) in [6.07, 6.45) is 4.24. The van der Waals surface area contributed by atoms with Gasteiger partial charge >= 0.3 is 0 Å². The van der Waals surface area contributed by atoms with Crippen LogP contribution in [-0.2, 0) is 7.05 Å². The molecule has 2 aliphatic heterocycles. The summed E-state index contributed by atoms with van der Waals surface area (Å²) in [5.74, 6) is -0.115. The molecule has 11 nitrogen and oxygen atoms in total. The Balaban J connectivity index is 1.40. The van der Waals surface area contributed by atoms with Gasteiger partial charge in [0.05, 0.1) is 11.8 Å². The van der Waals surface area contributed by atoms with Crippen molar-refractivity contribution in [3.05, 3.63) is 45.1 Å². The highest BCUT2D eigenvalue weighted by atomic mass is 35.5. The average molecular weight is 503 g/mol. The van der Waals surface area contributed by atoms with Gasteiger partial charge in [-0.2, -0.15) is 0 Å². The number of amides is 2. The molecule has 2 fully saturated rings. The first kappa shape index (κ1) is 24.9. The fourth-order valence-electron chi connectivity index (χ4n) is 5.11. The smallest absolute Gasteiger partial charge is 0.283 e. The summed E-state index contributed by atoms with van der Waals surface area (Å²) in [7, 11) is 1.63. The summed E-state index contributed by atoms with van der Waals surface area (Å²) in [6, 6.07) is 3.86. The van der Waals surface area contributed by atoms with Crippen molar-refractivity contribution in [3.8, 4) is 0 Å². The van der Waals surface area contributed by atoms with Gasteiger partial charge in [0, 0.05) is 51.9 Å². The number of nitrogen functional groups attached to an aromatic ring is 1. The molecule has 0 saturated carbocycles. The van der Waals surface area contributed by atoms with Crippen molar-refractivity contribution < 1.29 is 9.59 Å². The van der Waals surface area contributed by atoms with Crippen LogP contribution in [0.25, 0.3) is 0 Å². The van der Waals surface area contributed by atoms with Crippen molar-refractivity contribution in [1.29, 1.82) is 0 Å². The Morgan fingerprint density at radius 3 is 2.51 bits per heavy atom. The lowest BCUT2D eigenvalue weighted by molar-refractivity contribution is 0.0490. The van der Waals surface area contributed by atoms with E-state index < -0.39 is 11.5 Å². The minimum atomic E-state index is -0.826. The molecule has 0 radical (unpaired) electrons. The van der Waals surface area contributed by atoms with Crippen molar-refractivity contribution >= 4 is 35.1 Å². The third kappa shape index (κ3) is 4.96. The van der Waals surface area contributed by atoms with E-state index >= 15 is 0 Å². The van der Waals surface area contributed by atoms with Crippen molar-refractivity contribution in [2.45, 2.75) is 38.3 Å². The number of nitrogens with two attached hydrogens (primary N) is 2. The number of aromatic nitrogens is 3. The van der Waals surface area contributed by atoms with Crippen LogP contribution in [0.15, 0.2) is 23.1 Å². The van der Waals surface area contributed by atoms with Crippen LogP contribution in [0.3, 0.4) is 0 Å². The number of pyridine rings is 1. The maximum absolute atomic E-state index is 12.9. The van der Waals surface area contributed by atoms with Gasteiger partial charge in [-0.1, -0.05) is 18.5 Å². The number of rotatable bonds is 5. The summed E-state index contributed by atoms with van der Waals surface area (Å²) in [5, 5.41) is 0.266. The Morgan fingerprint density at radius 2 is 1.89 bits per heavy atom. The molecule has 12 heteroatoms. The molecule has 0 aliphatic carbocycles. The number of carbonyl (C=O) groups excluding carboxylic acids is 2. The number of anilines is 2. The van der Waals surface area contributed by atoms with Gasteiger partial charge in [-0.25, -0.2) is 9.97 Å². The van der Waals surface area contributed by atoms with E-state index in [0.29, 0.717) is 30.5 Å². The number of piperidine rings is 1. The number of hydrogen-bond acceptors (Lipinski definition) is 8. The molecule has 0 spiro atoms. The Kier molecular flexibility index (Phi) is 7.27. The molecule has 4 heterocycles. The van der Waals surface area contributed by atoms with Gasteiger partial charge in [0.1, 0.15) is 16.8 Å². The maximum atomic E-state index is 12.9. The first-order valence-electron chi connectivity index (χ1n) is 11.8. The van der Waals surface area contributed by atoms with Crippen LogP contribution in [0, 0.1) is 0 Å². The first-order valence-corrected chi connectivity index (χ1v) is 12.2. The third-order valence-corrected chi connectivity index (χ3v) is 7.27.